The van der Waals surface area contributed by atoms with Crippen LogP contribution >= 0.6 is 0 Å². The molecule has 1 aromatic carbocycles. The van der Waals surface area contributed by atoms with Gasteiger partial charge in [0.2, 0.25) is 0 Å². The summed E-state index contributed by atoms with van der Waals surface area (Å²) in [7, 11) is 2.00. The van der Waals surface area contributed by atoms with Crippen molar-refractivity contribution in [2.75, 3.05) is 0 Å². The molecule has 0 spiro atoms. The monoisotopic (exact) mass is 268 g/mol. The summed E-state index contributed by atoms with van der Waals surface area (Å²) in [5.41, 5.74) is 10.6. The highest BCUT2D eigenvalue weighted by Crippen LogP contribution is 2.21. The Bertz CT molecular complexity index is 736. The van der Waals surface area contributed by atoms with Gasteiger partial charge >= 0.3 is 0 Å². The number of hydrogen-bond donors (Lipinski definition) is 1. The van der Waals surface area contributed by atoms with E-state index in [1.54, 1.807) is 0 Å². The van der Waals surface area contributed by atoms with Gasteiger partial charge in [0.25, 0.3) is 0 Å². The first-order valence-electron chi connectivity index (χ1n) is 7.02. The number of aromatic nitrogens is 3. The van der Waals surface area contributed by atoms with E-state index >= 15 is 0 Å². The number of aryl methyl sites for hydroxylation is 2. The van der Waals surface area contributed by atoms with Gasteiger partial charge in [0.05, 0.1) is 17.9 Å². The van der Waals surface area contributed by atoms with Crippen LogP contribution in [-0.4, -0.2) is 14.3 Å². The van der Waals surface area contributed by atoms with Gasteiger partial charge in [-0.15, -0.1) is 0 Å². The zero-order chi connectivity index (χ0) is 14.1. The predicted octanol–water partition coefficient (Wildman–Crippen LogP) is 2.44. The number of para-hydroxylation sites is 1. The molecule has 0 atom stereocenters. The van der Waals surface area contributed by atoms with Gasteiger partial charge in [0.1, 0.15) is 0 Å². The minimum Gasteiger partial charge on any atom is -0.337 e. The molecule has 104 valence electrons. The number of hydrogen-bond acceptors (Lipinski definition) is 2. The molecule has 0 aliphatic carbocycles. The Balaban J connectivity index is 2.07. The highest BCUT2D eigenvalue weighted by molar-refractivity contribution is 5.81. The third-order valence-corrected chi connectivity index (χ3v) is 3.82. The molecule has 0 aliphatic heterocycles. The molecular formula is C16H20N4. The summed E-state index contributed by atoms with van der Waals surface area (Å²) in [4.78, 5) is 0. The third-order valence-electron chi connectivity index (χ3n) is 3.82. The Hall–Kier alpha value is -2.07. The zero-order valence-corrected chi connectivity index (χ0v) is 12.0. The summed E-state index contributed by atoms with van der Waals surface area (Å²) in [5.74, 6) is 0. The summed E-state index contributed by atoms with van der Waals surface area (Å²) in [6, 6.07) is 12.8. The minimum atomic E-state index is 0.549. The molecular weight excluding hydrogens is 248 g/mol. The summed E-state index contributed by atoms with van der Waals surface area (Å²) in [6.07, 6.45) is 0.962. The molecule has 0 radical (unpaired) electrons. The molecule has 2 heterocycles. The van der Waals surface area contributed by atoms with E-state index in [1.165, 1.54) is 16.6 Å². The lowest BCUT2D eigenvalue weighted by Gasteiger charge is -2.09. The number of nitrogens with zero attached hydrogens (tertiary/aromatic N) is 3. The van der Waals surface area contributed by atoms with Crippen molar-refractivity contribution in [1.82, 2.24) is 14.3 Å². The first kappa shape index (κ1) is 12.9. The second kappa shape index (κ2) is 5.13. The van der Waals surface area contributed by atoms with Crippen LogP contribution in [0.15, 0.2) is 36.4 Å². The molecule has 4 nitrogen and oxygen atoms in total. The second-order valence-electron chi connectivity index (χ2n) is 5.09. The zero-order valence-electron chi connectivity index (χ0n) is 12.0. The predicted molar refractivity (Wildman–Crippen MR) is 81.5 cm³/mol. The largest absolute Gasteiger partial charge is 0.337 e. The maximum absolute atomic E-state index is 5.89. The van der Waals surface area contributed by atoms with Crippen molar-refractivity contribution in [3.05, 3.63) is 53.5 Å². The van der Waals surface area contributed by atoms with Gasteiger partial charge in [-0.3, -0.25) is 4.68 Å². The lowest BCUT2D eigenvalue weighted by atomic mass is 10.2. The van der Waals surface area contributed by atoms with Crippen molar-refractivity contribution in [2.24, 2.45) is 12.8 Å². The minimum absolute atomic E-state index is 0.549. The summed E-state index contributed by atoms with van der Waals surface area (Å²) in [5, 5.41) is 5.76. The maximum atomic E-state index is 5.89. The molecule has 0 bridgehead atoms. The van der Waals surface area contributed by atoms with Crippen molar-refractivity contribution in [2.45, 2.75) is 26.4 Å². The van der Waals surface area contributed by atoms with Crippen LogP contribution in [0, 0.1) is 0 Å². The quantitative estimate of drug-likeness (QED) is 0.790. The first-order valence-corrected chi connectivity index (χ1v) is 7.02. The molecule has 0 saturated heterocycles. The van der Waals surface area contributed by atoms with Crippen LogP contribution in [0.2, 0.25) is 0 Å². The molecule has 3 rings (SSSR count). The maximum Gasteiger partial charge on any atom is 0.0648 e. The number of benzene rings is 1. The molecule has 2 N–H and O–H groups in total. The third kappa shape index (κ3) is 2.12. The van der Waals surface area contributed by atoms with Crippen LogP contribution < -0.4 is 5.73 Å². The fourth-order valence-electron chi connectivity index (χ4n) is 2.68. The smallest absolute Gasteiger partial charge is 0.0648 e. The molecule has 0 aliphatic rings. The number of fused-ring (bicyclic) bond motifs is 1. The van der Waals surface area contributed by atoms with Gasteiger partial charge in [-0.1, -0.05) is 25.1 Å². The van der Waals surface area contributed by atoms with Crippen LogP contribution in [0.5, 0.6) is 0 Å². The normalized spacial score (nSPS) is 11.3. The second-order valence-corrected chi connectivity index (χ2v) is 5.09. The molecule has 4 heteroatoms. The lowest BCUT2D eigenvalue weighted by molar-refractivity contribution is 0.656. The molecule has 0 saturated carbocycles. The molecule has 0 fully saturated rings. The van der Waals surface area contributed by atoms with E-state index in [4.69, 9.17) is 5.73 Å². The van der Waals surface area contributed by atoms with E-state index in [2.05, 4.69) is 53.0 Å². The molecule has 2 aromatic heterocycles. The van der Waals surface area contributed by atoms with Crippen molar-refractivity contribution in [3.8, 4) is 0 Å². The Morgan fingerprint density at radius 2 is 1.95 bits per heavy atom. The average Bonchev–Trinajstić information content (AvgIpc) is 3.01. The molecule has 0 amide bonds. The van der Waals surface area contributed by atoms with Gasteiger partial charge < -0.3 is 10.3 Å². The van der Waals surface area contributed by atoms with E-state index in [0.717, 1.165) is 24.4 Å². The van der Waals surface area contributed by atoms with Crippen LogP contribution in [0.4, 0.5) is 0 Å². The van der Waals surface area contributed by atoms with Crippen molar-refractivity contribution >= 4 is 10.9 Å². The van der Waals surface area contributed by atoms with Gasteiger partial charge in [-0.2, -0.15) is 5.10 Å². The standard InChI is InChI=1S/C16H20N4/c1-3-13-9-15(19(2)18-13)11-20-14(10-17)8-12-6-4-5-7-16(12)20/h4-9H,3,10-11,17H2,1-2H3. The lowest BCUT2D eigenvalue weighted by Crippen LogP contribution is -2.10. The van der Waals surface area contributed by atoms with Gasteiger partial charge in [-0.25, -0.2) is 0 Å². The highest BCUT2D eigenvalue weighted by Gasteiger charge is 2.10. The fraction of sp³-hybridized carbons (Fsp3) is 0.312. The number of nitrogens with two attached hydrogens (primary N) is 1. The van der Waals surface area contributed by atoms with Crippen LogP contribution in [0.25, 0.3) is 10.9 Å². The van der Waals surface area contributed by atoms with Crippen LogP contribution in [-0.2, 0) is 26.6 Å². The van der Waals surface area contributed by atoms with E-state index in [1.807, 2.05) is 11.7 Å². The average molecular weight is 268 g/mol. The SMILES string of the molecule is CCc1cc(Cn2c(CN)cc3ccccc32)n(C)n1. The molecule has 0 unspecified atom stereocenters. The fourth-order valence-corrected chi connectivity index (χ4v) is 2.68. The Morgan fingerprint density at radius 1 is 1.15 bits per heavy atom. The van der Waals surface area contributed by atoms with Gasteiger partial charge in [0, 0.05) is 24.8 Å². The number of rotatable bonds is 4. The molecule has 3 aromatic rings. The Labute approximate surface area is 118 Å². The van der Waals surface area contributed by atoms with Gasteiger partial charge in [-0.05, 0) is 30.0 Å². The van der Waals surface area contributed by atoms with E-state index in [0.29, 0.717) is 6.54 Å². The van der Waals surface area contributed by atoms with Crippen molar-refractivity contribution in [1.29, 1.82) is 0 Å². The molecule has 20 heavy (non-hydrogen) atoms. The van der Waals surface area contributed by atoms with Crippen LogP contribution in [0.1, 0.15) is 24.0 Å². The van der Waals surface area contributed by atoms with Gasteiger partial charge in [0.15, 0.2) is 0 Å². The van der Waals surface area contributed by atoms with Crippen molar-refractivity contribution < 1.29 is 0 Å². The Kier molecular flexibility index (Phi) is 3.32. The van der Waals surface area contributed by atoms with E-state index in [9.17, 15) is 0 Å². The highest BCUT2D eigenvalue weighted by atomic mass is 15.3. The summed E-state index contributed by atoms with van der Waals surface area (Å²) in [6.45, 7) is 3.49. The first-order chi connectivity index (χ1) is 9.72. The van der Waals surface area contributed by atoms with E-state index < -0.39 is 0 Å². The Morgan fingerprint density at radius 3 is 2.65 bits per heavy atom. The summed E-state index contributed by atoms with van der Waals surface area (Å²) < 4.78 is 4.25. The van der Waals surface area contributed by atoms with Crippen LogP contribution in [0.3, 0.4) is 0 Å². The summed E-state index contributed by atoms with van der Waals surface area (Å²) >= 11 is 0. The van der Waals surface area contributed by atoms with E-state index in [-0.39, 0.29) is 0 Å². The topological polar surface area (TPSA) is 48.8 Å². The van der Waals surface area contributed by atoms with Crippen molar-refractivity contribution in [3.63, 3.8) is 0 Å².